The Balaban J connectivity index is 1.80. The summed E-state index contributed by atoms with van der Waals surface area (Å²) in [5.41, 5.74) is 4.07. The second-order valence-corrected chi connectivity index (χ2v) is 7.36. The maximum absolute atomic E-state index is 6.39. The first kappa shape index (κ1) is 17.4. The topological polar surface area (TPSA) is 17.8 Å². The second kappa shape index (κ2) is 7.32. The van der Waals surface area contributed by atoms with E-state index in [0.29, 0.717) is 23.0 Å². The summed E-state index contributed by atoms with van der Waals surface area (Å²) in [5, 5.41) is 2.05. The number of rotatable bonds is 4. The van der Waals surface area contributed by atoms with Crippen molar-refractivity contribution in [3.05, 3.63) is 98.7 Å². The van der Waals surface area contributed by atoms with Crippen LogP contribution in [0.1, 0.15) is 17.0 Å². The Hall–Kier alpha value is -2.00. The summed E-state index contributed by atoms with van der Waals surface area (Å²) in [7, 11) is 0. The second-order valence-electron chi connectivity index (χ2n) is 6.11. The molecule has 5 heteroatoms. The molecule has 130 valence electrons. The fourth-order valence-electron chi connectivity index (χ4n) is 3.06. The Kier molecular flexibility index (Phi) is 4.90. The Labute approximate surface area is 167 Å². The molecule has 3 aromatic carbocycles. The summed E-state index contributed by atoms with van der Waals surface area (Å²) in [4.78, 5) is 4.83. The molecule has 2 nitrogen and oxygen atoms in total. The van der Waals surface area contributed by atoms with Crippen molar-refractivity contribution in [3.63, 3.8) is 0 Å². The minimum atomic E-state index is 0.571. The zero-order chi connectivity index (χ0) is 18.1. The maximum Gasteiger partial charge on any atom is 0.114 e. The molecule has 0 bridgehead atoms. The molecule has 4 aromatic rings. The predicted molar refractivity (Wildman–Crippen MR) is 110 cm³/mol. The van der Waals surface area contributed by atoms with E-state index in [1.54, 1.807) is 0 Å². The number of fused-ring (bicyclic) bond motifs is 1. The van der Waals surface area contributed by atoms with Crippen molar-refractivity contribution in [2.24, 2.45) is 0 Å². The van der Waals surface area contributed by atoms with Gasteiger partial charge in [-0.05, 0) is 42.0 Å². The van der Waals surface area contributed by atoms with Gasteiger partial charge in [-0.1, -0.05) is 65.1 Å². The van der Waals surface area contributed by atoms with E-state index in [1.165, 1.54) is 0 Å². The largest absolute Gasteiger partial charge is 0.323 e. The fourth-order valence-corrected chi connectivity index (χ4v) is 3.71. The molecule has 0 radical (unpaired) electrons. The zero-order valence-corrected chi connectivity index (χ0v) is 16.1. The SMILES string of the molecule is Clc1ccc(Cc2nc3ccccc3n2Cc2c(Cl)cccc2Cl)cc1. The van der Waals surface area contributed by atoms with Crippen LogP contribution in [-0.2, 0) is 13.0 Å². The van der Waals surface area contributed by atoms with Crippen LogP contribution in [0, 0.1) is 0 Å². The molecule has 0 spiro atoms. The van der Waals surface area contributed by atoms with Gasteiger partial charge < -0.3 is 4.57 Å². The molecule has 0 aliphatic carbocycles. The summed E-state index contributed by atoms with van der Waals surface area (Å²) in [6.07, 6.45) is 0.702. The maximum atomic E-state index is 6.39. The van der Waals surface area contributed by atoms with Crippen molar-refractivity contribution < 1.29 is 0 Å². The van der Waals surface area contributed by atoms with E-state index in [1.807, 2.05) is 60.7 Å². The average molecular weight is 402 g/mol. The first-order chi connectivity index (χ1) is 12.6. The summed E-state index contributed by atoms with van der Waals surface area (Å²) in [6.45, 7) is 0.571. The Bertz CT molecular complexity index is 1050. The van der Waals surface area contributed by atoms with Crippen LogP contribution in [0.25, 0.3) is 11.0 Å². The molecular weight excluding hydrogens is 387 g/mol. The molecule has 0 aliphatic rings. The van der Waals surface area contributed by atoms with Crippen molar-refractivity contribution in [2.45, 2.75) is 13.0 Å². The average Bonchev–Trinajstić information content (AvgIpc) is 2.97. The van der Waals surface area contributed by atoms with E-state index in [-0.39, 0.29) is 0 Å². The third kappa shape index (κ3) is 3.45. The number of benzene rings is 3. The molecule has 1 aromatic heterocycles. The normalized spacial score (nSPS) is 11.2. The number of aromatic nitrogens is 2. The number of hydrogen-bond donors (Lipinski definition) is 0. The number of para-hydroxylation sites is 2. The number of halogens is 3. The van der Waals surface area contributed by atoms with E-state index in [4.69, 9.17) is 39.8 Å². The Morgan fingerprint density at radius 1 is 0.769 bits per heavy atom. The molecule has 0 amide bonds. The lowest BCUT2D eigenvalue weighted by molar-refractivity contribution is 0.763. The van der Waals surface area contributed by atoms with E-state index < -0.39 is 0 Å². The van der Waals surface area contributed by atoms with Crippen LogP contribution in [-0.4, -0.2) is 9.55 Å². The molecular formula is C21H15Cl3N2. The summed E-state index contributed by atoms with van der Waals surface area (Å²) >= 11 is 18.8. The Morgan fingerprint density at radius 3 is 2.19 bits per heavy atom. The first-order valence-corrected chi connectivity index (χ1v) is 9.36. The Morgan fingerprint density at radius 2 is 1.46 bits per heavy atom. The summed E-state index contributed by atoms with van der Waals surface area (Å²) < 4.78 is 2.18. The molecule has 0 saturated carbocycles. The van der Waals surface area contributed by atoms with E-state index in [2.05, 4.69) is 10.6 Å². The lowest BCUT2D eigenvalue weighted by atomic mass is 10.1. The molecule has 1 heterocycles. The van der Waals surface area contributed by atoms with Gasteiger partial charge in [0.25, 0.3) is 0 Å². The van der Waals surface area contributed by atoms with Crippen molar-refractivity contribution >= 4 is 45.8 Å². The molecule has 0 aliphatic heterocycles. The van der Waals surface area contributed by atoms with Gasteiger partial charge in [-0.15, -0.1) is 0 Å². The summed E-state index contributed by atoms with van der Waals surface area (Å²) in [5.74, 6) is 0.963. The van der Waals surface area contributed by atoms with E-state index in [9.17, 15) is 0 Å². The van der Waals surface area contributed by atoms with Gasteiger partial charge in [0, 0.05) is 27.1 Å². The van der Waals surface area contributed by atoms with Gasteiger partial charge in [0.15, 0.2) is 0 Å². The standard InChI is InChI=1S/C21H15Cl3N2/c22-15-10-8-14(9-11-15)12-21-25-19-6-1-2-7-20(19)26(21)13-16-17(23)4-3-5-18(16)24/h1-11H,12-13H2. The lowest BCUT2D eigenvalue weighted by Gasteiger charge is -2.12. The monoisotopic (exact) mass is 400 g/mol. The number of imidazole rings is 1. The van der Waals surface area contributed by atoms with Crippen LogP contribution in [0.5, 0.6) is 0 Å². The molecule has 0 saturated heterocycles. The molecule has 0 unspecified atom stereocenters. The van der Waals surface area contributed by atoms with Gasteiger partial charge in [0.05, 0.1) is 17.6 Å². The van der Waals surface area contributed by atoms with Crippen molar-refractivity contribution in [1.29, 1.82) is 0 Å². The highest BCUT2D eigenvalue weighted by atomic mass is 35.5. The third-order valence-corrected chi connectivity index (χ3v) is 5.35. The van der Waals surface area contributed by atoms with E-state index in [0.717, 1.165) is 33.0 Å². The van der Waals surface area contributed by atoms with Gasteiger partial charge >= 0.3 is 0 Å². The quantitative estimate of drug-likeness (QED) is 0.375. The van der Waals surface area contributed by atoms with Gasteiger partial charge in [0.1, 0.15) is 5.82 Å². The van der Waals surface area contributed by atoms with Crippen LogP contribution >= 0.6 is 34.8 Å². The highest BCUT2D eigenvalue weighted by molar-refractivity contribution is 6.36. The zero-order valence-electron chi connectivity index (χ0n) is 13.8. The minimum absolute atomic E-state index is 0.571. The highest BCUT2D eigenvalue weighted by Gasteiger charge is 2.14. The third-order valence-electron chi connectivity index (χ3n) is 4.39. The van der Waals surface area contributed by atoms with Crippen LogP contribution in [0.15, 0.2) is 66.7 Å². The number of nitrogens with zero attached hydrogens (tertiary/aromatic N) is 2. The highest BCUT2D eigenvalue weighted by Crippen LogP contribution is 2.28. The van der Waals surface area contributed by atoms with Crippen LogP contribution in [0.4, 0.5) is 0 Å². The predicted octanol–water partition coefficient (Wildman–Crippen LogP) is 6.64. The molecule has 26 heavy (non-hydrogen) atoms. The van der Waals surface area contributed by atoms with Crippen molar-refractivity contribution in [2.75, 3.05) is 0 Å². The van der Waals surface area contributed by atoms with Gasteiger partial charge in [-0.3, -0.25) is 0 Å². The molecule has 0 N–H and O–H groups in total. The summed E-state index contributed by atoms with van der Waals surface area (Å²) in [6, 6.07) is 21.5. The van der Waals surface area contributed by atoms with Gasteiger partial charge in [-0.2, -0.15) is 0 Å². The van der Waals surface area contributed by atoms with Crippen molar-refractivity contribution in [1.82, 2.24) is 9.55 Å². The first-order valence-electron chi connectivity index (χ1n) is 8.23. The van der Waals surface area contributed by atoms with Crippen LogP contribution < -0.4 is 0 Å². The number of hydrogen-bond acceptors (Lipinski definition) is 1. The molecule has 4 rings (SSSR count). The smallest absolute Gasteiger partial charge is 0.114 e. The fraction of sp³-hybridized carbons (Fsp3) is 0.0952. The van der Waals surface area contributed by atoms with Crippen LogP contribution in [0.2, 0.25) is 15.1 Å². The van der Waals surface area contributed by atoms with Crippen molar-refractivity contribution in [3.8, 4) is 0 Å². The van der Waals surface area contributed by atoms with Gasteiger partial charge in [-0.25, -0.2) is 4.98 Å². The van der Waals surface area contributed by atoms with Crippen LogP contribution in [0.3, 0.4) is 0 Å². The van der Waals surface area contributed by atoms with E-state index >= 15 is 0 Å². The van der Waals surface area contributed by atoms with Gasteiger partial charge in [0.2, 0.25) is 0 Å². The molecule has 0 fully saturated rings. The molecule has 0 atom stereocenters. The minimum Gasteiger partial charge on any atom is -0.323 e. The lowest BCUT2D eigenvalue weighted by Crippen LogP contribution is -2.07.